The van der Waals surface area contributed by atoms with Crippen LogP contribution in [0.15, 0.2) is 36.8 Å². The molecule has 7 heteroatoms. The number of hydrogen-bond acceptors (Lipinski definition) is 5. The van der Waals surface area contributed by atoms with Gasteiger partial charge < -0.3 is 15.1 Å². The monoisotopic (exact) mass is 354 g/mol. The fourth-order valence-corrected chi connectivity index (χ4v) is 3.92. The second kappa shape index (κ2) is 7.86. The molecular weight excluding hydrogens is 328 g/mol. The lowest BCUT2D eigenvalue weighted by Crippen LogP contribution is -2.49. The highest BCUT2D eigenvalue weighted by Gasteiger charge is 2.24. The lowest BCUT2D eigenvalue weighted by Gasteiger charge is -2.36. The van der Waals surface area contributed by atoms with Gasteiger partial charge in [-0.1, -0.05) is 0 Å². The van der Waals surface area contributed by atoms with Crippen molar-refractivity contribution in [1.29, 1.82) is 0 Å². The summed E-state index contributed by atoms with van der Waals surface area (Å²) in [6, 6.07) is 6.10. The molecule has 0 aromatic carbocycles. The number of amides is 1. The highest BCUT2D eigenvalue weighted by molar-refractivity contribution is 5.76. The number of carbonyl (C=O) groups excluding carboxylic acids is 1. The Bertz CT molecular complexity index is 717. The standard InChI is InChI=1S/C19H26N6O/c26-19(15-25-18(5-9-22-25)16-2-1-6-21-14-16)24-12-10-23(11-13-24)17-3-7-20-8-4-17/h3-5,7-9,16,21H,1-2,6,10-15H2. The first-order valence-electron chi connectivity index (χ1n) is 9.46. The Morgan fingerprint density at radius 3 is 2.65 bits per heavy atom. The Labute approximate surface area is 154 Å². The zero-order valence-electron chi connectivity index (χ0n) is 15.0. The van der Waals surface area contributed by atoms with E-state index in [1.165, 1.54) is 17.8 Å². The number of pyridine rings is 1. The quantitative estimate of drug-likeness (QED) is 0.890. The van der Waals surface area contributed by atoms with E-state index in [9.17, 15) is 4.79 Å². The Morgan fingerprint density at radius 1 is 1.12 bits per heavy atom. The minimum atomic E-state index is 0.160. The van der Waals surface area contributed by atoms with Crippen molar-refractivity contribution >= 4 is 11.6 Å². The molecule has 2 aromatic rings. The molecular formula is C19H26N6O. The molecule has 1 amide bonds. The van der Waals surface area contributed by atoms with Crippen molar-refractivity contribution in [1.82, 2.24) is 25.0 Å². The summed E-state index contributed by atoms with van der Waals surface area (Å²) in [7, 11) is 0. The van der Waals surface area contributed by atoms with E-state index in [0.29, 0.717) is 12.5 Å². The molecule has 2 fully saturated rings. The van der Waals surface area contributed by atoms with E-state index < -0.39 is 0 Å². The first-order valence-corrected chi connectivity index (χ1v) is 9.46. The molecule has 4 heterocycles. The van der Waals surface area contributed by atoms with E-state index in [-0.39, 0.29) is 5.91 Å². The normalized spacial score (nSPS) is 21.0. The number of piperazine rings is 1. The molecule has 138 valence electrons. The lowest BCUT2D eigenvalue weighted by atomic mass is 9.96. The van der Waals surface area contributed by atoms with Crippen LogP contribution in [0.3, 0.4) is 0 Å². The maximum absolute atomic E-state index is 12.8. The molecule has 2 aliphatic rings. The smallest absolute Gasteiger partial charge is 0.244 e. The van der Waals surface area contributed by atoms with Crippen LogP contribution in [0.4, 0.5) is 5.69 Å². The van der Waals surface area contributed by atoms with Crippen LogP contribution in [-0.4, -0.2) is 64.8 Å². The summed E-state index contributed by atoms with van der Waals surface area (Å²) < 4.78 is 1.90. The van der Waals surface area contributed by atoms with Crippen LogP contribution in [0, 0.1) is 0 Å². The predicted molar refractivity (Wildman–Crippen MR) is 100 cm³/mol. The van der Waals surface area contributed by atoms with Crippen LogP contribution in [-0.2, 0) is 11.3 Å². The lowest BCUT2D eigenvalue weighted by molar-refractivity contribution is -0.132. The van der Waals surface area contributed by atoms with E-state index in [4.69, 9.17) is 0 Å². The highest BCUT2D eigenvalue weighted by atomic mass is 16.2. The van der Waals surface area contributed by atoms with E-state index in [0.717, 1.165) is 45.7 Å². The summed E-state index contributed by atoms with van der Waals surface area (Å²) in [5.41, 5.74) is 2.35. The van der Waals surface area contributed by atoms with Gasteiger partial charge in [0.15, 0.2) is 0 Å². The number of anilines is 1. The van der Waals surface area contributed by atoms with E-state index in [2.05, 4.69) is 26.4 Å². The van der Waals surface area contributed by atoms with E-state index >= 15 is 0 Å². The Hall–Kier alpha value is -2.41. The molecule has 0 saturated carbocycles. The van der Waals surface area contributed by atoms with E-state index in [1.54, 1.807) is 0 Å². The summed E-state index contributed by atoms with van der Waals surface area (Å²) >= 11 is 0. The van der Waals surface area contributed by atoms with Gasteiger partial charge in [0.05, 0.1) is 0 Å². The number of nitrogens with one attached hydrogen (secondary N) is 1. The van der Waals surface area contributed by atoms with Crippen molar-refractivity contribution in [2.24, 2.45) is 0 Å². The number of hydrogen-bond donors (Lipinski definition) is 1. The zero-order valence-corrected chi connectivity index (χ0v) is 15.0. The van der Waals surface area contributed by atoms with Crippen LogP contribution in [0.1, 0.15) is 24.5 Å². The van der Waals surface area contributed by atoms with Crippen LogP contribution < -0.4 is 10.2 Å². The summed E-state index contributed by atoms with van der Waals surface area (Å²) in [6.45, 7) is 5.62. The molecule has 1 unspecified atom stereocenters. The van der Waals surface area contributed by atoms with Crippen molar-refractivity contribution in [2.45, 2.75) is 25.3 Å². The topological polar surface area (TPSA) is 66.3 Å². The van der Waals surface area contributed by atoms with E-state index in [1.807, 2.05) is 40.3 Å². The molecule has 0 bridgehead atoms. The van der Waals surface area contributed by atoms with Gasteiger partial charge in [0.25, 0.3) is 0 Å². The van der Waals surface area contributed by atoms with Crippen LogP contribution >= 0.6 is 0 Å². The molecule has 2 aromatic heterocycles. The SMILES string of the molecule is O=C(Cn1nccc1C1CCCNC1)N1CCN(c2ccncc2)CC1. The van der Waals surface area contributed by atoms with Gasteiger partial charge in [-0.2, -0.15) is 5.10 Å². The minimum Gasteiger partial charge on any atom is -0.368 e. The molecule has 0 aliphatic carbocycles. The Balaban J connectivity index is 1.34. The summed E-state index contributed by atoms with van der Waals surface area (Å²) in [5, 5.41) is 7.85. The zero-order chi connectivity index (χ0) is 17.8. The summed E-state index contributed by atoms with van der Waals surface area (Å²) in [4.78, 5) is 21.1. The molecule has 1 N–H and O–H groups in total. The fraction of sp³-hybridized carbons (Fsp3) is 0.526. The second-order valence-corrected chi connectivity index (χ2v) is 7.03. The number of piperidine rings is 1. The van der Waals surface area contributed by atoms with Crippen LogP contribution in [0.25, 0.3) is 0 Å². The van der Waals surface area contributed by atoms with Crippen molar-refractivity contribution in [3.05, 3.63) is 42.5 Å². The van der Waals surface area contributed by atoms with Gasteiger partial charge in [0.1, 0.15) is 6.54 Å². The van der Waals surface area contributed by atoms with Gasteiger partial charge in [-0.15, -0.1) is 0 Å². The predicted octanol–water partition coefficient (Wildman–Crippen LogP) is 1.09. The first-order chi connectivity index (χ1) is 12.8. The highest BCUT2D eigenvalue weighted by Crippen LogP contribution is 2.23. The van der Waals surface area contributed by atoms with Crippen molar-refractivity contribution < 1.29 is 4.79 Å². The first kappa shape index (κ1) is 17.0. The third-order valence-corrected chi connectivity index (χ3v) is 5.41. The molecule has 2 saturated heterocycles. The fourth-order valence-electron chi connectivity index (χ4n) is 3.92. The minimum absolute atomic E-state index is 0.160. The van der Waals surface area contributed by atoms with Crippen LogP contribution in [0.2, 0.25) is 0 Å². The third-order valence-electron chi connectivity index (χ3n) is 5.41. The van der Waals surface area contributed by atoms with Crippen molar-refractivity contribution in [2.75, 3.05) is 44.2 Å². The average molecular weight is 354 g/mol. The van der Waals surface area contributed by atoms with Crippen molar-refractivity contribution in [3.63, 3.8) is 0 Å². The summed E-state index contributed by atoms with van der Waals surface area (Å²) in [6.07, 6.45) is 7.79. The molecule has 26 heavy (non-hydrogen) atoms. The van der Waals surface area contributed by atoms with Crippen LogP contribution in [0.5, 0.6) is 0 Å². The number of carbonyl (C=O) groups is 1. The number of nitrogens with zero attached hydrogens (tertiary/aromatic N) is 5. The van der Waals surface area contributed by atoms with Gasteiger partial charge in [-0.3, -0.25) is 14.5 Å². The molecule has 0 spiro atoms. The molecule has 1 atom stereocenters. The van der Waals surface area contributed by atoms with Gasteiger partial charge in [-0.05, 0) is 37.6 Å². The Kier molecular flexibility index (Phi) is 5.15. The average Bonchev–Trinajstić information content (AvgIpc) is 3.17. The number of aromatic nitrogens is 3. The molecule has 0 radical (unpaired) electrons. The van der Waals surface area contributed by atoms with Gasteiger partial charge in [0.2, 0.25) is 5.91 Å². The van der Waals surface area contributed by atoms with Gasteiger partial charge in [0, 0.05) is 68.6 Å². The second-order valence-electron chi connectivity index (χ2n) is 7.03. The van der Waals surface area contributed by atoms with Gasteiger partial charge >= 0.3 is 0 Å². The molecule has 4 rings (SSSR count). The molecule has 7 nitrogen and oxygen atoms in total. The maximum atomic E-state index is 12.8. The largest absolute Gasteiger partial charge is 0.368 e. The Morgan fingerprint density at radius 2 is 1.92 bits per heavy atom. The van der Waals surface area contributed by atoms with Gasteiger partial charge in [-0.25, -0.2) is 0 Å². The summed E-state index contributed by atoms with van der Waals surface area (Å²) in [5.74, 6) is 0.621. The number of rotatable bonds is 4. The maximum Gasteiger partial charge on any atom is 0.244 e. The third kappa shape index (κ3) is 3.72. The molecule has 2 aliphatic heterocycles. The van der Waals surface area contributed by atoms with Crippen molar-refractivity contribution in [3.8, 4) is 0 Å².